The quantitative estimate of drug-likeness (QED) is 0.602. The highest BCUT2D eigenvalue weighted by Gasteiger charge is 2.35. The molecule has 10 heteroatoms. The molecular formula is C16H15ClN4O5. The van der Waals surface area contributed by atoms with Crippen LogP contribution in [0.2, 0.25) is 5.02 Å². The molecule has 136 valence electrons. The average molecular weight is 379 g/mol. The van der Waals surface area contributed by atoms with Crippen molar-refractivity contribution < 1.29 is 23.9 Å². The number of rotatable bonds is 5. The standard InChI is InChI=1S/C16H15ClN4O5/c1-9(15(24)19-11-4-3-10(6-18)12(17)5-11)26-14(23)8-21-13(22)7-20(2)16(21)25/h3-5,9H,7-8H2,1-2H3,(H,19,24)/t9-/m0/s1. The number of hydrogen-bond donors (Lipinski definition) is 1. The summed E-state index contributed by atoms with van der Waals surface area (Å²) in [6.45, 7) is 0.669. The molecule has 1 atom stereocenters. The van der Waals surface area contributed by atoms with Gasteiger partial charge in [0.1, 0.15) is 19.2 Å². The zero-order valence-electron chi connectivity index (χ0n) is 14.0. The Bertz CT molecular complexity index is 819. The van der Waals surface area contributed by atoms with E-state index in [9.17, 15) is 19.2 Å². The van der Waals surface area contributed by atoms with Gasteiger partial charge in [-0.05, 0) is 25.1 Å². The van der Waals surface area contributed by atoms with Crippen molar-refractivity contribution in [3.8, 4) is 6.07 Å². The SMILES string of the molecule is C[C@H](OC(=O)CN1C(=O)CN(C)C1=O)C(=O)Nc1ccc(C#N)c(Cl)c1. The summed E-state index contributed by atoms with van der Waals surface area (Å²) in [6, 6.07) is 5.60. The second-order valence-electron chi connectivity index (χ2n) is 5.55. The Morgan fingerprint density at radius 1 is 1.42 bits per heavy atom. The Labute approximate surface area is 154 Å². The molecule has 26 heavy (non-hydrogen) atoms. The lowest BCUT2D eigenvalue weighted by Crippen LogP contribution is -2.39. The fourth-order valence-corrected chi connectivity index (χ4v) is 2.39. The number of ether oxygens (including phenoxy) is 1. The number of carbonyl (C=O) groups excluding carboxylic acids is 4. The van der Waals surface area contributed by atoms with E-state index in [4.69, 9.17) is 21.6 Å². The number of carbonyl (C=O) groups is 4. The Morgan fingerprint density at radius 3 is 2.65 bits per heavy atom. The fraction of sp³-hybridized carbons (Fsp3) is 0.312. The lowest BCUT2D eigenvalue weighted by atomic mass is 10.2. The van der Waals surface area contributed by atoms with Crippen LogP contribution in [0.3, 0.4) is 0 Å². The summed E-state index contributed by atoms with van der Waals surface area (Å²) in [4.78, 5) is 49.2. The van der Waals surface area contributed by atoms with E-state index < -0.39 is 36.5 Å². The lowest BCUT2D eigenvalue weighted by molar-refractivity contribution is -0.154. The number of anilines is 1. The fourth-order valence-electron chi connectivity index (χ4n) is 2.17. The molecule has 1 aliphatic heterocycles. The Balaban J connectivity index is 1.91. The number of nitrogens with zero attached hydrogens (tertiary/aromatic N) is 3. The molecule has 1 fully saturated rings. The van der Waals surface area contributed by atoms with Crippen LogP contribution in [0.4, 0.5) is 10.5 Å². The summed E-state index contributed by atoms with van der Waals surface area (Å²) in [5.74, 6) is -2.03. The smallest absolute Gasteiger partial charge is 0.327 e. The number of esters is 1. The molecule has 0 unspecified atom stereocenters. The molecule has 1 heterocycles. The largest absolute Gasteiger partial charge is 0.451 e. The summed E-state index contributed by atoms with van der Waals surface area (Å²) < 4.78 is 4.95. The Kier molecular flexibility index (Phi) is 5.79. The summed E-state index contributed by atoms with van der Waals surface area (Å²) >= 11 is 5.88. The third-order valence-corrected chi connectivity index (χ3v) is 3.87. The molecule has 4 amide bonds. The van der Waals surface area contributed by atoms with Gasteiger partial charge in [0.25, 0.3) is 11.8 Å². The molecule has 1 aliphatic rings. The van der Waals surface area contributed by atoms with Crippen LogP contribution in [0.25, 0.3) is 0 Å². The number of imide groups is 1. The molecule has 0 saturated carbocycles. The minimum atomic E-state index is -1.16. The van der Waals surface area contributed by atoms with E-state index in [0.717, 1.165) is 4.90 Å². The molecule has 9 nitrogen and oxygen atoms in total. The molecule has 1 aromatic carbocycles. The number of hydrogen-bond acceptors (Lipinski definition) is 6. The van der Waals surface area contributed by atoms with Gasteiger partial charge in [-0.15, -0.1) is 0 Å². The first-order valence-corrected chi connectivity index (χ1v) is 7.86. The van der Waals surface area contributed by atoms with Gasteiger partial charge in [-0.1, -0.05) is 11.6 Å². The first kappa shape index (κ1) is 19.2. The second kappa shape index (κ2) is 7.84. The van der Waals surface area contributed by atoms with Crippen molar-refractivity contribution in [2.75, 3.05) is 25.5 Å². The van der Waals surface area contributed by atoms with Crippen molar-refractivity contribution in [1.29, 1.82) is 5.26 Å². The third kappa shape index (κ3) is 4.29. The van der Waals surface area contributed by atoms with E-state index in [1.165, 1.54) is 37.1 Å². The molecule has 0 spiro atoms. The molecule has 1 aromatic rings. The third-order valence-electron chi connectivity index (χ3n) is 3.55. The topological polar surface area (TPSA) is 120 Å². The number of urea groups is 1. The van der Waals surface area contributed by atoms with Crippen LogP contribution in [-0.2, 0) is 19.1 Å². The molecule has 0 radical (unpaired) electrons. The van der Waals surface area contributed by atoms with Crippen LogP contribution in [0, 0.1) is 11.3 Å². The van der Waals surface area contributed by atoms with Gasteiger partial charge in [0, 0.05) is 12.7 Å². The van der Waals surface area contributed by atoms with Gasteiger partial charge >= 0.3 is 12.0 Å². The van der Waals surface area contributed by atoms with E-state index in [0.29, 0.717) is 5.69 Å². The van der Waals surface area contributed by atoms with Crippen LogP contribution in [-0.4, -0.2) is 59.9 Å². The number of halogens is 1. The van der Waals surface area contributed by atoms with Crippen molar-refractivity contribution in [2.45, 2.75) is 13.0 Å². The van der Waals surface area contributed by atoms with E-state index >= 15 is 0 Å². The minimum absolute atomic E-state index is 0.110. The number of benzene rings is 1. The summed E-state index contributed by atoms with van der Waals surface area (Å²) in [6.07, 6.45) is -1.16. The minimum Gasteiger partial charge on any atom is -0.451 e. The van der Waals surface area contributed by atoms with Crippen LogP contribution in [0.1, 0.15) is 12.5 Å². The normalized spacial score (nSPS) is 14.8. The summed E-state index contributed by atoms with van der Waals surface area (Å²) in [5.41, 5.74) is 0.586. The van der Waals surface area contributed by atoms with E-state index in [2.05, 4.69) is 5.32 Å². The van der Waals surface area contributed by atoms with E-state index in [-0.39, 0.29) is 17.1 Å². The van der Waals surface area contributed by atoms with Crippen molar-refractivity contribution in [3.05, 3.63) is 28.8 Å². The second-order valence-corrected chi connectivity index (χ2v) is 5.95. The van der Waals surface area contributed by atoms with Crippen molar-refractivity contribution in [3.63, 3.8) is 0 Å². The van der Waals surface area contributed by atoms with Gasteiger partial charge in [0.2, 0.25) is 0 Å². The van der Waals surface area contributed by atoms with Crippen molar-refractivity contribution in [2.24, 2.45) is 0 Å². The van der Waals surface area contributed by atoms with Gasteiger partial charge in [-0.2, -0.15) is 5.26 Å². The zero-order chi connectivity index (χ0) is 19.4. The molecule has 0 aliphatic carbocycles. The highest BCUT2D eigenvalue weighted by Crippen LogP contribution is 2.20. The van der Waals surface area contributed by atoms with Crippen molar-refractivity contribution in [1.82, 2.24) is 9.80 Å². The molecule has 1 saturated heterocycles. The highest BCUT2D eigenvalue weighted by atomic mass is 35.5. The Hall–Kier alpha value is -3.12. The maximum absolute atomic E-state index is 12.1. The van der Waals surface area contributed by atoms with Gasteiger partial charge in [0.05, 0.1) is 10.6 Å². The number of likely N-dealkylation sites (N-methyl/N-ethyl adjacent to an activating group) is 1. The van der Waals surface area contributed by atoms with Gasteiger partial charge in [-0.3, -0.25) is 19.3 Å². The van der Waals surface area contributed by atoms with Gasteiger partial charge in [0.15, 0.2) is 6.10 Å². The van der Waals surface area contributed by atoms with Gasteiger partial charge < -0.3 is 15.0 Å². The monoisotopic (exact) mass is 378 g/mol. The predicted molar refractivity (Wildman–Crippen MR) is 90.1 cm³/mol. The molecule has 2 rings (SSSR count). The summed E-state index contributed by atoms with van der Waals surface area (Å²) in [7, 11) is 1.43. The number of amides is 4. The maximum atomic E-state index is 12.1. The molecular weight excluding hydrogens is 364 g/mol. The highest BCUT2D eigenvalue weighted by molar-refractivity contribution is 6.32. The van der Waals surface area contributed by atoms with Gasteiger partial charge in [-0.25, -0.2) is 4.79 Å². The molecule has 0 aromatic heterocycles. The molecule has 0 bridgehead atoms. The number of nitriles is 1. The summed E-state index contributed by atoms with van der Waals surface area (Å²) in [5, 5.41) is 11.5. The zero-order valence-corrected chi connectivity index (χ0v) is 14.7. The van der Waals surface area contributed by atoms with Crippen LogP contribution < -0.4 is 5.32 Å². The predicted octanol–water partition coefficient (Wildman–Crippen LogP) is 0.976. The number of nitrogens with one attached hydrogen (secondary N) is 1. The van der Waals surface area contributed by atoms with Crippen molar-refractivity contribution >= 4 is 41.1 Å². The average Bonchev–Trinajstić information content (AvgIpc) is 2.81. The first-order valence-electron chi connectivity index (χ1n) is 7.48. The first-order chi connectivity index (χ1) is 12.2. The van der Waals surface area contributed by atoms with E-state index in [1.54, 1.807) is 0 Å². The van der Waals surface area contributed by atoms with E-state index in [1.807, 2.05) is 6.07 Å². The maximum Gasteiger partial charge on any atom is 0.327 e. The van der Waals surface area contributed by atoms with Crippen LogP contribution in [0.5, 0.6) is 0 Å². The molecule has 1 N–H and O–H groups in total. The van der Waals surface area contributed by atoms with Crippen LogP contribution >= 0.6 is 11.6 Å². The lowest BCUT2D eigenvalue weighted by Gasteiger charge is -2.17. The Morgan fingerprint density at radius 2 is 2.12 bits per heavy atom. The van der Waals surface area contributed by atoms with Crippen LogP contribution in [0.15, 0.2) is 18.2 Å².